The second-order valence-corrected chi connectivity index (χ2v) is 1.74. The van der Waals surface area contributed by atoms with Gasteiger partial charge in [-0.15, -0.1) is 0 Å². The Morgan fingerprint density at radius 1 is 1.67 bits per heavy atom. The van der Waals surface area contributed by atoms with E-state index >= 15 is 0 Å². The zero-order chi connectivity index (χ0) is 7.11. The molecule has 0 rings (SSSR count). The average molecular weight is 133 g/mol. The molecule has 0 saturated carbocycles. The van der Waals surface area contributed by atoms with Gasteiger partial charge in [-0.1, -0.05) is 6.92 Å². The van der Waals surface area contributed by atoms with Gasteiger partial charge in [0.25, 0.3) is 0 Å². The molecule has 1 radical (unpaired) electrons. The average Bonchev–Trinajstić information content (AvgIpc) is 1.89. The van der Waals surface area contributed by atoms with Gasteiger partial charge in [0.2, 0.25) is 0 Å². The van der Waals surface area contributed by atoms with E-state index in [1.165, 1.54) is 0 Å². The summed E-state index contributed by atoms with van der Waals surface area (Å²) in [5.74, 6) is 0. The fourth-order valence-electron chi connectivity index (χ4n) is 0.350. The number of ether oxygens (including phenoxy) is 1. The van der Waals surface area contributed by atoms with E-state index in [2.05, 4.69) is 0 Å². The molecule has 0 saturated heterocycles. The zero-order valence-electron chi connectivity index (χ0n) is 5.58. The van der Waals surface area contributed by atoms with E-state index in [0.717, 1.165) is 6.42 Å². The summed E-state index contributed by atoms with van der Waals surface area (Å²) in [6, 6.07) is 0. The standard InChI is InChI=1S/C6H13O3/c1-2-3-9-5-6(8)4-7/h3,6-8H,2,4-5H2,1H3. The summed E-state index contributed by atoms with van der Waals surface area (Å²) >= 11 is 0. The van der Waals surface area contributed by atoms with Crippen LogP contribution in [0.15, 0.2) is 0 Å². The molecule has 1 unspecified atom stereocenters. The van der Waals surface area contributed by atoms with E-state index in [0.29, 0.717) is 0 Å². The Morgan fingerprint density at radius 2 is 2.33 bits per heavy atom. The van der Waals surface area contributed by atoms with Crippen molar-refractivity contribution in [2.75, 3.05) is 13.2 Å². The van der Waals surface area contributed by atoms with Crippen molar-refractivity contribution in [2.24, 2.45) is 0 Å². The second kappa shape index (κ2) is 6.01. The van der Waals surface area contributed by atoms with E-state index in [1.54, 1.807) is 6.61 Å². The molecule has 1 atom stereocenters. The Bertz CT molecular complexity index is 56.3. The fraction of sp³-hybridized carbons (Fsp3) is 0.833. The summed E-state index contributed by atoms with van der Waals surface area (Å²) in [6.45, 7) is 3.48. The quantitative estimate of drug-likeness (QED) is 0.516. The fourth-order valence-corrected chi connectivity index (χ4v) is 0.350. The van der Waals surface area contributed by atoms with Crippen molar-refractivity contribution in [1.82, 2.24) is 0 Å². The minimum absolute atomic E-state index is 0.185. The summed E-state index contributed by atoms with van der Waals surface area (Å²) < 4.78 is 4.80. The Morgan fingerprint density at radius 3 is 2.78 bits per heavy atom. The van der Waals surface area contributed by atoms with Crippen LogP contribution in [-0.2, 0) is 4.74 Å². The molecule has 0 fully saturated rings. The van der Waals surface area contributed by atoms with Gasteiger partial charge >= 0.3 is 0 Å². The van der Waals surface area contributed by atoms with Gasteiger partial charge in [0.1, 0.15) is 6.10 Å². The van der Waals surface area contributed by atoms with Gasteiger partial charge in [0.15, 0.2) is 0 Å². The summed E-state index contributed by atoms with van der Waals surface area (Å²) in [7, 11) is 0. The Kier molecular flexibility index (Phi) is 5.93. The predicted molar refractivity (Wildman–Crippen MR) is 33.6 cm³/mol. The van der Waals surface area contributed by atoms with E-state index in [4.69, 9.17) is 14.9 Å². The number of aliphatic hydroxyl groups excluding tert-OH is 2. The molecule has 9 heavy (non-hydrogen) atoms. The molecule has 0 amide bonds. The van der Waals surface area contributed by atoms with Crippen LogP contribution >= 0.6 is 0 Å². The van der Waals surface area contributed by atoms with Crippen LogP contribution in [0.1, 0.15) is 13.3 Å². The maximum atomic E-state index is 8.69. The Labute approximate surface area is 55.3 Å². The van der Waals surface area contributed by atoms with Crippen molar-refractivity contribution in [3.63, 3.8) is 0 Å². The minimum atomic E-state index is -0.743. The van der Waals surface area contributed by atoms with Gasteiger partial charge in [-0.3, -0.25) is 0 Å². The second-order valence-electron chi connectivity index (χ2n) is 1.74. The van der Waals surface area contributed by atoms with Crippen LogP contribution in [0.3, 0.4) is 0 Å². The van der Waals surface area contributed by atoms with E-state index in [9.17, 15) is 0 Å². The molecular formula is C6H13O3. The van der Waals surface area contributed by atoms with Crippen molar-refractivity contribution in [3.8, 4) is 0 Å². The molecule has 0 aliphatic carbocycles. The normalized spacial score (nSPS) is 13.7. The molecule has 55 valence electrons. The van der Waals surface area contributed by atoms with Crippen LogP contribution in [0.2, 0.25) is 0 Å². The number of hydrogen-bond acceptors (Lipinski definition) is 3. The summed E-state index contributed by atoms with van der Waals surface area (Å²) in [4.78, 5) is 0. The molecule has 0 aromatic rings. The third-order valence-electron chi connectivity index (χ3n) is 0.784. The van der Waals surface area contributed by atoms with Crippen molar-refractivity contribution >= 4 is 0 Å². The lowest BCUT2D eigenvalue weighted by atomic mass is 10.4. The minimum Gasteiger partial charge on any atom is -0.394 e. The smallest absolute Gasteiger partial charge is 0.100 e. The maximum Gasteiger partial charge on any atom is 0.100 e. The lowest BCUT2D eigenvalue weighted by Gasteiger charge is -2.05. The summed E-state index contributed by atoms with van der Waals surface area (Å²) in [5, 5.41) is 17.0. The molecule has 3 nitrogen and oxygen atoms in total. The lowest BCUT2D eigenvalue weighted by Crippen LogP contribution is -2.18. The molecular weight excluding hydrogens is 120 g/mol. The van der Waals surface area contributed by atoms with Crippen molar-refractivity contribution in [3.05, 3.63) is 6.61 Å². The van der Waals surface area contributed by atoms with Crippen molar-refractivity contribution < 1.29 is 14.9 Å². The van der Waals surface area contributed by atoms with Crippen LogP contribution in [0.4, 0.5) is 0 Å². The highest BCUT2D eigenvalue weighted by atomic mass is 16.5. The van der Waals surface area contributed by atoms with Crippen LogP contribution in [0, 0.1) is 6.61 Å². The maximum absolute atomic E-state index is 8.69. The highest BCUT2D eigenvalue weighted by Crippen LogP contribution is 1.89. The molecule has 0 bridgehead atoms. The van der Waals surface area contributed by atoms with Gasteiger partial charge < -0.3 is 14.9 Å². The molecule has 0 aromatic carbocycles. The highest BCUT2D eigenvalue weighted by molar-refractivity contribution is 4.52. The third-order valence-corrected chi connectivity index (χ3v) is 0.784. The molecule has 0 aromatic heterocycles. The molecule has 0 aliphatic rings. The summed E-state index contributed by atoms with van der Waals surface area (Å²) in [6.07, 6.45) is 0.0748. The SMILES string of the molecule is CC[CH]OCC(O)CO. The topological polar surface area (TPSA) is 49.7 Å². The third kappa shape index (κ3) is 5.76. The molecule has 3 heteroatoms. The first kappa shape index (κ1) is 8.88. The van der Waals surface area contributed by atoms with Crippen LogP contribution in [0.5, 0.6) is 0 Å². The largest absolute Gasteiger partial charge is 0.394 e. The molecule has 0 heterocycles. The van der Waals surface area contributed by atoms with Gasteiger partial charge in [-0.05, 0) is 6.42 Å². The number of rotatable bonds is 5. The molecule has 0 spiro atoms. The van der Waals surface area contributed by atoms with E-state index < -0.39 is 6.10 Å². The van der Waals surface area contributed by atoms with Gasteiger partial charge in [0, 0.05) is 0 Å². The first-order valence-corrected chi connectivity index (χ1v) is 3.03. The first-order chi connectivity index (χ1) is 4.31. The van der Waals surface area contributed by atoms with Crippen LogP contribution < -0.4 is 0 Å². The molecule has 2 N–H and O–H groups in total. The van der Waals surface area contributed by atoms with Gasteiger partial charge in [-0.25, -0.2) is 0 Å². The van der Waals surface area contributed by atoms with Crippen LogP contribution in [-0.4, -0.2) is 29.5 Å². The lowest BCUT2D eigenvalue weighted by molar-refractivity contribution is 0.0257. The number of aliphatic hydroxyl groups is 2. The predicted octanol–water partition coefficient (Wildman–Crippen LogP) is -0.0720. The van der Waals surface area contributed by atoms with Crippen LogP contribution in [0.25, 0.3) is 0 Å². The molecule has 0 aliphatic heterocycles. The first-order valence-electron chi connectivity index (χ1n) is 3.03. The van der Waals surface area contributed by atoms with Gasteiger partial charge in [-0.2, -0.15) is 0 Å². The summed E-state index contributed by atoms with van der Waals surface area (Å²) in [5.41, 5.74) is 0. The van der Waals surface area contributed by atoms with E-state index in [-0.39, 0.29) is 13.2 Å². The van der Waals surface area contributed by atoms with E-state index in [1.807, 2.05) is 6.92 Å². The Balaban J connectivity index is 2.88. The monoisotopic (exact) mass is 133 g/mol. The Hall–Kier alpha value is -0.120. The van der Waals surface area contributed by atoms with Gasteiger partial charge in [0.05, 0.1) is 19.8 Å². The zero-order valence-corrected chi connectivity index (χ0v) is 5.58. The highest BCUT2D eigenvalue weighted by Gasteiger charge is 1.99. The number of hydrogen-bond donors (Lipinski definition) is 2. The van der Waals surface area contributed by atoms with Crippen molar-refractivity contribution in [1.29, 1.82) is 0 Å². The van der Waals surface area contributed by atoms with Crippen molar-refractivity contribution in [2.45, 2.75) is 19.4 Å².